The standard InChI is InChI=1S/C22H26N2O6S/c1-15-5-8-18(9-6-15)31(27,28)23-12-11-22(14-30-16(2)25)19-13-17(29-4)7-10-20(19)24(3)21(22)26/h5-10,13,23H,11-12,14H2,1-4H3/t22-/m0/s1. The molecule has 1 N–H and O–H groups in total. The van der Waals surface area contributed by atoms with Gasteiger partial charge in [-0.25, -0.2) is 13.1 Å². The van der Waals surface area contributed by atoms with Crippen molar-refractivity contribution < 1.29 is 27.5 Å². The van der Waals surface area contributed by atoms with Crippen LogP contribution in [0.3, 0.4) is 0 Å². The van der Waals surface area contributed by atoms with E-state index in [1.54, 1.807) is 37.4 Å². The lowest BCUT2D eigenvalue weighted by atomic mass is 9.79. The number of aryl methyl sites for hydroxylation is 1. The molecule has 1 amide bonds. The lowest BCUT2D eigenvalue weighted by Gasteiger charge is -2.28. The summed E-state index contributed by atoms with van der Waals surface area (Å²) in [5.41, 5.74) is 1.03. The van der Waals surface area contributed by atoms with Gasteiger partial charge in [-0.05, 0) is 49.2 Å². The van der Waals surface area contributed by atoms with Crippen LogP contribution in [0.4, 0.5) is 5.69 Å². The maximum atomic E-state index is 13.3. The molecule has 166 valence electrons. The molecule has 8 nitrogen and oxygen atoms in total. The molecular weight excluding hydrogens is 420 g/mol. The molecule has 3 rings (SSSR count). The van der Waals surface area contributed by atoms with Crippen molar-refractivity contribution in [1.29, 1.82) is 0 Å². The van der Waals surface area contributed by atoms with Crippen molar-refractivity contribution in [2.45, 2.75) is 30.6 Å². The van der Waals surface area contributed by atoms with E-state index < -0.39 is 21.4 Å². The first-order valence-electron chi connectivity index (χ1n) is 9.77. The predicted molar refractivity (Wildman–Crippen MR) is 116 cm³/mol. The van der Waals surface area contributed by atoms with E-state index in [0.29, 0.717) is 17.0 Å². The Morgan fingerprint density at radius 3 is 2.45 bits per heavy atom. The van der Waals surface area contributed by atoms with Crippen LogP contribution in [0, 0.1) is 6.92 Å². The zero-order valence-corrected chi connectivity index (χ0v) is 18.8. The van der Waals surface area contributed by atoms with Gasteiger partial charge in [-0.2, -0.15) is 0 Å². The average molecular weight is 447 g/mol. The molecule has 31 heavy (non-hydrogen) atoms. The quantitative estimate of drug-likeness (QED) is 0.624. The Bertz CT molecular complexity index is 1100. The van der Waals surface area contributed by atoms with Crippen LogP contribution in [-0.2, 0) is 29.8 Å². The number of nitrogens with one attached hydrogen (secondary N) is 1. The molecule has 0 saturated carbocycles. The molecule has 0 aromatic heterocycles. The third-order valence-electron chi connectivity index (χ3n) is 5.49. The van der Waals surface area contributed by atoms with Crippen LogP contribution in [0.5, 0.6) is 5.75 Å². The summed E-state index contributed by atoms with van der Waals surface area (Å²) in [6, 6.07) is 11.7. The highest BCUT2D eigenvalue weighted by Crippen LogP contribution is 2.45. The second-order valence-corrected chi connectivity index (χ2v) is 9.34. The summed E-state index contributed by atoms with van der Waals surface area (Å²) in [5, 5.41) is 0. The fourth-order valence-electron chi connectivity index (χ4n) is 3.74. The largest absolute Gasteiger partial charge is 0.497 e. The van der Waals surface area contributed by atoms with Crippen LogP contribution in [0.15, 0.2) is 47.4 Å². The van der Waals surface area contributed by atoms with E-state index in [2.05, 4.69) is 4.72 Å². The van der Waals surface area contributed by atoms with E-state index in [1.165, 1.54) is 31.1 Å². The van der Waals surface area contributed by atoms with E-state index in [4.69, 9.17) is 9.47 Å². The Morgan fingerprint density at radius 2 is 1.84 bits per heavy atom. The molecule has 1 aliphatic heterocycles. The van der Waals surface area contributed by atoms with Crippen LogP contribution in [-0.4, -0.2) is 47.6 Å². The molecule has 2 aromatic rings. The van der Waals surface area contributed by atoms with Crippen molar-refractivity contribution in [3.63, 3.8) is 0 Å². The Kier molecular flexibility index (Phi) is 6.38. The van der Waals surface area contributed by atoms with E-state index >= 15 is 0 Å². The number of hydrogen-bond donors (Lipinski definition) is 1. The van der Waals surface area contributed by atoms with E-state index in [9.17, 15) is 18.0 Å². The molecule has 0 spiro atoms. The minimum Gasteiger partial charge on any atom is -0.497 e. The van der Waals surface area contributed by atoms with E-state index in [-0.39, 0.29) is 30.4 Å². The number of ether oxygens (including phenoxy) is 2. The zero-order valence-electron chi connectivity index (χ0n) is 18.0. The SMILES string of the molecule is COc1ccc2c(c1)[C@](CCNS(=O)(=O)c1ccc(C)cc1)(COC(C)=O)C(=O)N2C. The first kappa shape index (κ1) is 22.8. The van der Waals surface area contributed by atoms with E-state index in [1.807, 2.05) is 6.92 Å². The van der Waals surface area contributed by atoms with Crippen molar-refractivity contribution in [2.75, 3.05) is 32.2 Å². The molecule has 9 heteroatoms. The Morgan fingerprint density at radius 1 is 1.16 bits per heavy atom. The van der Waals surface area contributed by atoms with Crippen molar-refractivity contribution in [3.8, 4) is 5.75 Å². The zero-order chi connectivity index (χ0) is 22.8. The third kappa shape index (κ3) is 4.42. The number of benzene rings is 2. The number of nitrogens with zero attached hydrogens (tertiary/aromatic N) is 1. The van der Waals surface area contributed by atoms with Crippen molar-refractivity contribution in [2.24, 2.45) is 0 Å². The van der Waals surface area contributed by atoms with Gasteiger partial charge in [0.2, 0.25) is 15.9 Å². The van der Waals surface area contributed by atoms with Gasteiger partial charge in [-0.15, -0.1) is 0 Å². The number of fused-ring (bicyclic) bond motifs is 1. The van der Waals surface area contributed by atoms with E-state index in [0.717, 1.165) is 5.56 Å². The van der Waals surface area contributed by atoms with Gasteiger partial charge in [0.25, 0.3) is 0 Å². The summed E-state index contributed by atoms with van der Waals surface area (Å²) >= 11 is 0. The molecule has 0 radical (unpaired) electrons. The minimum absolute atomic E-state index is 0.0201. The smallest absolute Gasteiger partial charge is 0.302 e. The lowest BCUT2D eigenvalue weighted by molar-refractivity contribution is -0.144. The maximum absolute atomic E-state index is 13.3. The Labute approximate surface area is 182 Å². The van der Waals surface area contributed by atoms with Gasteiger partial charge in [0.15, 0.2) is 0 Å². The highest BCUT2D eigenvalue weighted by Gasteiger charge is 2.50. The topological polar surface area (TPSA) is 102 Å². The highest BCUT2D eigenvalue weighted by molar-refractivity contribution is 7.89. The number of carbonyl (C=O) groups is 2. The molecule has 1 aliphatic rings. The summed E-state index contributed by atoms with van der Waals surface area (Å²) in [5.74, 6) is -0.243. The minimum atomic E-state index is -3.76. The third-order valence-corrected chi connectivity index (χ3v) is 6.97. The number of carbonyl (C=O) groups excluding carboxylic acids is 2. The van der Waals surface area contributed by atoms with Crippen molar-refractivity contribution in [1.82, 2.24) is 4.72 Å². The van der Waals surface area contributed by atoms with Gasteiger partial charge in [0.1, 0.15) is 17.8 Å². The van der Waals surface area contributed by atoms with Crippen molar-refractivity contribution in [3.05, 3.63) is 53.6 Å². The van der Waals surface area contributed by atoms with Gasteiger partial charge in [-0.3, -0.25) is 9.59 Å². The van der Waals surface area contributed by atoms with Gasteiger partial charge in [-0.1, -0.05) is 17.7 Å². The summed E-state index contributed by atoms with van der Waals surface area (Å²) in [6.45, 7) is 2.92. The highest BCUT2D eigenvalue weighted by atomic mass is 32.2. The summed E-state index contributed by atoms with van der Waals surface area (Å²) in [7, 11) is -0.597. The van der Waals surface area contributed by atoms with Crippen LogP contribution in [0.2, 0.25) is 0 Å². The summed E-state index contributed by atoms with van der Waals surface area (Å²) in [6.07, 6.45) is 0.106. The predicted octanol–water partition coefficient (Wildman–Crippen LogP) is 2.15. The van der Waals surface area contributed by atoms with Gasteiger partial charge < -0.3 is 14.4 Å². The van der Waals surface area contributed by atoms with Gasteiger partial charge in [0, 0.05) is 26.2 Å². The van der Waals surface area contributed by atoms with Crippen LogP contribution in [0.1, 0.15) is 24.5 Å². The first-order chi connectivity index (χ1) is 14.6. The number of likely N-dealkylation sites (N-methyl/N-ethyl adjacent to an activating group) is 1. The number of sulfonamides is 1. The number of hydrogen-bond acceptors (Lipinski definition) is 6. The maximum Gasteiger partial charge on any atom is 0.302 e. The molecule has 0 saturated heterocycles. The van der Waals surface area contributed by atoms with Gasteiger partial charge in [0.05, 0.1) is 12.0 Å². The van der Waals surface area contributed by atoms with Gasteiger partial charge >= 0.3 is 5.97 Å². The van der Waals surface area contributed by atoms with Crippen molar-refractivity contribution >= 4 is 27.6 Å². The molecule has 2 aromatic carbocycles. The van der Waals surface area contributed by atoms with Crippen LogP contribution >= 0.6 is 0 Å². The molecular formula is C22H26N2O6S. The number of esters is 1. The summed E-state index contributed by atoms with van der Waals surface area (Å²) < 4.78 is 38.5. The Balaban J connectivity index is 1.91. The number of amides is 1. The average Bonchev–Trinajstić information content (AvgIpc) is 2.94. The van der Waals surface area contributed by atoms with Crippen LogP contribution < -0.4 is 14.4 Å². The molecule has 0 aliphatic carbocycles. The Hall–Kier alpha value is -2.91. The second-order valence-electron chi connectivity index (χ2n) is 7.57. The fraction of sp³-hybridized carbons (Fsp3) is 0.364. The summed E-state index contributed by atoms with van der Waals surface area (Å²) in [4.78, 5) is 26.4. The molecule has 1 heterocycles. The second kappa shape index (κ2) is 8.68. The monoisotopic (exact) mass is 446 g/mol. The molecule has 1 atom stereocenters. The number of rotatable bonds is 8. The number of methoxy groups -OCH3 is 1. The molecule has 0 bridgehead atoms. The normalized spacial score (nSPS) is 18.1. The fourth-order valence-corrected chi connectivity index (χ4v) is 4.77. The molecule has 0 fully saturated rings. The number of anilines is 1. The van der Waals surface area contributed by atoms with Crippen LogP contribution in [0.25, 0.3) is 0 Å². The lowest BCUT2D eigenvalue weighted by Crippen LogP contribution is -2.45. The first-order valence-corrected chi connectivity index (χ1v) is 11.3. The molecule has 0 unspecified atom stereocenters.